The van der Waals surface area contributed by atoms with Crippen LogP contribution >= 0.6 is 46.2 Å². The summed E-state index contributed by atoms with van der Waals surface area (Å²) >= 11 is 5.20. The molecule has 17 heteroatoms. The number of amides is 2. The number of carbonyl (C=O) groups is 3. The Labute approximate surface area is 209 Å². The fraction of sp³-hybridized carbons (Fsp3) is 0.353. The van der Waals surface area contributed by atoms with Crippen LogP contribution in [0, 0.1) is 0 Å². The number of thiazole rings is 1. The molecular weight excluding hydrogens is 525 g/mol. The van der Waals surface area contributed by atoms with E-state index >= 15 is 0 Å². The Morgan fingerprint density at radius 1 is 1.44 bits per heavy atom. The standard InChI is InChI=1S/C17H18N8O5S4/c1-19-16-22-23-17(34-16)33-4-6-3-31-13-9(12(27)25(13)10(6)14(28)29)21-11(26)8(24-30-2)7-5-32-15(18)20-7/h5,9,13H,3-4H2,1-2H3,(H2,18,20)(H,19,22)(H,21,26)(H,28,29). The van der Waals surface area contributed by atoms with Crippen molar-refractivity contribution >= 4 is 80.0 Å². The molecule has 1 fully saturated rings. The van der Waals surface area contributed by atoms with Gasteiger partial charge in [-0.2, -0.15) is 0 Å². The molecule has 2 atom stereocenters. The first-order chi connectivity index (χ1) is 16.3. The second kappa shape index (κ2) is 10.2. The molecule has 4 rings (SSSR count). The Kier molecular flexibility index (Phi) is 7.24. The molecule has 0 aromatic carbocycles. The van der Waals surface area contributed by atoms with Gasteiger partial charge in [-0.05, 0) is 5.57 Å². The molecule has 2 aromatic heterocycles. The van der Waals surface area contributed by atoms with E-state index in [-0.39, 0.29) is 22.2 Å². The predicted octanol–water partition coefficient (Wildman–Crippen LogP) is 0.500. The Hall–Kier alpha value is -2.89. The van der Waals surface area contributed by atoms with Crippen molar-refractivity contribution < 1.29 is 24.3 Å². The van der Waals surface area contributed by atoms with Gasteiger partial charge >= 0.3 is 5.97 Å². The average molecular weight is 543 g/mol. The monoisotopic (exact) mass is 542 g/mol. The van der Waals surface area contributed by atoms with Gasteiger partial charge in [0.1, 0.15) is 29.9 Å². The van der Waals surface area contributed by atoms with Crippen molar-refractivity contribution in [2.45, 2.75) is 15.8 Å². The number of nitrogens with two attached hydrogens (primary N) is 1. The highest BCUT2D eigenvalue weighted by molar-refractivity contribution is 8.01. The first-order valence-corrected chi connectivity index (χ1v) is 13.2. The fourth-order valence-electron chi connectivity index (χ4n) is 3.21. The van der Waals surface area contributed by atoms with E-state index < -0.39 is 29.2 Å². The van der Waals surface area contributed by atoms with Gasteiger partial charge in [0.2, 0.25) is 5.13 Å². The summed E-state index contributed by atoms with van der Waals surface area (Å²) < 4.78 is 0.682. The molecular formula is C17H18N8O5S4. The number of carbonyl (C=O) groups excluding carboxylic acids is 2. The number of thioether (sulfide) groups is 2. The normalized spacial score (nSPS) is 20.0. The van der Waals surface area contributed by atoms with E-state index in [2.05, 4.69) is 31.0 Å². The number of aliphatic carboxylic acids is 1. The molecule has 2 aromatic rings. The number of rotatable bonds is 9. The smallest absolute Gasteiger partial charge is 0.352 e. The molecule has 34 heavy (non-hydrogen) atoms. The number of hydrogen-bond acceptors (Lipinski definition) is 14. The van der Waals surface area contributed by atoms with Crippen LogP contribution in [-0.2, 0) is 19.2 Å². The molecule has 13 nitrogen and oxygen atoms in total. The van der Waals surface area contributed by atoms with E-state index in [1.807, 2.05) is 0 Å². The lowest BCUT2D eigenvalue weighted by atomic mass is 10.0. The van der Waals surface area contributed by atoms with Crippen LogP contribution in [0.1, 0.15) is 5.69 Å². The minimum absolute atomic E-state index is 0.0665. The highest BCUT2D eigenvalue weighted by Gasteiger charge is 2.54. The maximum absolute atomic E-state index is 12.9. The summed E-state index contributed by atoms with van der Waals surface area (Å²) in [6.45, 7) is 0. The summed E-state index contributed by atoms with van der Waals surface area (Å²) in [5, 5.41) is 28.9. The van der Waals surface area contributed by atoms with E-state index in [0.717, 1.165) is 11.3 Å². The number of β-lactam (4-membered cyclic amide) rings is 1. The van der Waals surface area contributed by atoms with Crippen molar-refractivity contribution in [3.8, 4) is 0 Å². The van der Waals surface area contributed by atoms with Crippen LogP contribution in [0.15, 0.2) is 26.1 Å². The second-order valence-corrected chi connectivity index (χ2v) is 10.9. The summed E-state index contributed by atoms with van der Waals surface area (Å²) in [7, 11) is 3.01. The average Bonchev–Trinajstić information content (AvgIpc) is 3.47. The quantitative estimate of drug-likeness (QED) is 0.149. The molecule has 4 heterocycles. The van der Waals surface area contributed by atoms with E-state index in [4.69, 9.17) is 10.6 Å². The summed E-state index contributed by atoms with van der Waals surface area (Å²) in [5.74, 6) is -1.67. The third kappa shape index (κ3) is 4.68. The number of nitrogen functional groups attached to an aromatic ring is 1. The van der Waals surface area contributed by atoms with Crippen molar-refractivity contribution in [2.24, 2.45) is 5.16 Å². The molecule has 2 aliphatic rings. The molecule has 0 bridgehead atoms. The maximum atomic E-state index is 12.9. The zero-order valence-corrected chi connectivity index (χ0v) is 20.9. The highest BCUT2D eigenvalue weighted by Crippen LogP contribution is 2.42. The first-order valence-electron chi connectivity index (χ1n) is 9.51. The second-order valence-electron chi connectivity index (χ2n) is 6.72. The molecule has 1 saturated heterocycles. The largest absolute Gasteiger partial charge is 0.477 e. The zero-order chi connectivity index (χ0) is 24.4. The molecule has 2 aliphatic heterocycles. The van der Waals surface area contributed by atoms with Crippen LogP contribution in [-0.4, -0.2) is 85.8 Å². The number of carboxylic acids is 1. The lowest BCUT2D eigenvalue weighted by Crippen LogP contribution is -2.71. The Morgan fingerprint density at radius 2 is 2.24 bits per heavy atom. The van der Waals surface area contributed by atoms with E-state index in [9.17, 15) is 19.5 Å². The molecule has 2 amide bonds. The van der Waals surface area contributed by atoms with Crippen LogP contribution in [0.3, 0.4) is 0 Å². The van der Waals surface area contributed by atoms with Gasteiger partial charge in [0.15, 0.2) is 15.2 Å². The highest BCUT2D eigenvalue weighted by atomic mass is 32.2. The van der Waals surface area contributed by atoms with Gasteiger partial charge in [0.25, 0.3) is 11.8 Å². The first kappa shape index (κ1) is 24.2. The number of aromatic nitrogens is 3. The minimum atomic E-state index is -1.20. The minimum Gasteiger partial charge on any atom is -0.477 e. The van der Waals surface area contributed by atoms with Crippen LogP contribution in [0.5, 0.6) is 0 Å². The summed E-state index contributed by atoms with van der Waals surface area (Å²) in [6.07, 6.45) is 0. The summed E-state index contributed by atoms with van der Waals surface area (Å²) in [6, 6.07) is -0.916. The van der Waals surface area contributed by atoms with Crippen molar-refractivity contribution in [3.63, 3.8) is 0 Å². The maximum Gasteiger partial charge on any atom is 0.352 e. The van der Waals surface area contributed by atoms with E-state index in [1.54, 1.807) is 12.4 Å². The number of anilines is 2. The van der Waals surface area contributed by atoms with Gasteiger partial charge in [-0.15, -0.1) is 33.3 Å². The lowest BCUT2D eigenvalue weighted by Gasteiger charge is -2.49. The molecule has 5 N–H and O–H groups in total. The number of carboxylic acid groups (broad SMARTS) is 1. The third-order valence-corrected chi connectivity index (χ3v) is 8.86. The Balaban J connectivity index is 1.48. The van der Waals surface area contributed by atoms with Gasteiger partial charge in [0, 0.05) is 23.9 Å². The Bertz CT molecular complexity index is 1190. The topological polar surface area (TPSA) is 185 Å². The van der Waals surface area contributed by atoms with Crippen molar-refractivity contribution in [1.82, 2.24) is 25.4 Å². The van der Waals surface area contributed by atoms with Crippen LogP contribution < -0.4 is 16.4 Å². The number of nitrogens with one attached hydrogen (secondary N) is 2. The SMILES string of the molecule is CNc1nnc(SCC2=C(C(=O)O)N3C(=O)C(NC(=O)C(=NOC)c4csc(N)n4)C3SC2)s1. The number of fused-ring (bicyclic) bond motifs is 1. The molecule has 0 aliphatic carbocycles. The summed E-state index contributed by atoms with van der Waals surface area (Å²) in [5.41, 5.74) is 6.24. The summed E-state index contributed by atoms with van der Waals surface area (Å²) in [4.78, 5) is 47.7. The van der Waals surface area contributed by atoms with Crippen LogP contribution in [0.4, 0.5) is 10.3 Å². The zero-order valence-electron chi connectivity index (χ0n) is 17.7. The van der Waals surface area contributed by atoms with Gasteiger partial charge in [-0.1, -0.05) is 28.3 Å². The van der Waals surface area contributed by atoms with Crippen molar-refractivity contribution in [1.29, 1.82) is 0 Å². The van der Waals surface area contributed by atoms with Gasteiger partial charge in [-0.25, -0.2) is 9.78 Å². The fourth-order valence-corrected chi connectivity index (χ4v) is 6.95. The van der Waals surface area contributed by atoms with Gasteiger partial charge < -0.3 is 26.3 Å². The Morgan fingerprint density at radius 3 is 2.85 bits per heavy atom. The lowest BCUT2D eigenvalue weighted by molar-refractivity contribution is -0.150. The van der Waals surface area contributed by atoms with Gasteiger partial charge in [-0.3, -0.25) is 14.5 Å². The number of nitrogens with zero attached hydrogens (tertiary/aromatic N) is 5. The molecule has 180 valence electrons. The molecule has 0 saturated carbocycles. The number of oxime groups is 1. The van der Waals surface area contributed by atoms with Crippen LogP contribution in [0.2, 0.25) is 0 Å². The van der Waals surface area contributed by atoms with E-state index in [0.29, 0.717) is 26.6 Å². The van der Waals surface area contributed by atoms with Crippen LogP contribution in [0.25, 0.3) is 0 Å². The molecule has 0 spiro atoms. The van der Waals surface area contributed by atoms with Crippen molar-refractivity contribution in [3.05, 3.63) is 22.3 Å². The van der Waals surface area contributed by atoms with Gasteiger partial charge in [0.05, 0.1) is 0 Å². The third-order valence-electron chi connectivity index (χ3n) is 4.69. The molecule has 2 unspecified atom stereocenters. The van der Waals surface area contributed by atoms with Crippen molar-refractivity contribution in [2.75, 3.05) is 36.7 Å². The predicted molar refractivity (Wildman–Crippen MR) is 130 cm³/mol. The molecule has 0 radical (unpaired) electrons. The van der Waals surface area contributed by atoms with E-state index in [1.165, 1.54) is 46.9 Å². The number of hydrogen-bond donors (Lipinski definition) is 4.